The molecule has 1 heterocycles. The van der Waals surface area contributed by atoms with Crippen LogP contribution in [0.5, 0.6) is 0 Å². The minimum Gasteiger partial charge on any atom is -0.459 e. The summed E-state index contributed by atoms with van der Waals surface area (Å²) in [6.45, 7) is -0.352. The van der Waals surface area contributed by atoms with E-state index in [1.54, 1.807) is 48.5 Å². The molecule has 0 saturated heterocycles. The summed E-state index contributed by atoms with van der Waals surface area (Å²) in [5.74, 6) is -0.704. The second-order valence-electron chi connectivity index (χ2n) is 6.27. The highest BCUT2D eigenvalue weighted by molar-refractivity contribution is 9.10. The minimum atomic E-state index is -3.79. The molecule has 0 fully saturated rings. The zero-order valence-electron chi connectivity index (χ0n) is 15.8. The summed E-state index contributed by atoms with van der Waals surface area (Å²) in [5, 5.41) is 5.29. The average molecular weight is 492 g/mol. The number of benzene rings is 2. The van der Waals surface area contributed by atoms with Crippen molar-refractivity contribution in [2.24, 2.45) is 0 Å². The number of nitrogens with zero attached hydrogens (tertiary/aromatic N) is 1. The van der Waals surface area contributed by atoms with Crippen molar-refractivity contribution in [1.29, 1.82) is 0 Å². The van der Waals surface area contributed by atoms with Crippen LogP contribution in [0, 0.1) is 0 Å². The van der Waals surface area contributed by atoms with Crippen LogP contribution in [0.2, 0.25) is 0 Å². The molecule has 0 aliphatic heterocycles. The van der Waals surface area contributed by atoms with Gasteiger partial charge in [0.1, 0.15) is 0 Å². The fraction of sp³-hybridized carbons (Fsp3) is 0.100. The zero-order chi connectivity index (χ0) is 21.7. The molecular formula is C20H18BrN3O5S. The third-order valence-electron chi connectivity index (χ3n) is 4.06. The van der Waals surface area contributed by atoms with Crippen molar-refractivity contribution in [2.45, 2.75) is 4.90 Å². The summed E-state index contributed by atoms with van der Waals surface area (Å²) in [6.07, 6.45) is 1.40. The van der Waals surface area contributed by atoms with Crippen LogP contribution in [0.3, 0.4) is 0 Å². The van der Waals surface area contributed by atoms with Gasteiger partial charge >= 0.3 is 0 Å². The molecule has 156 valence electrons. The first-order chi connectivity index (χ1) is 14.3. The second-order valence-corrected chi connectivity index (χ2v) is 9.23. The Hall–Kier alpha value is -2.95. The van der Waals surface area contributed by atoms with E-state index in [1.807, 2.05) is 0 Å². The van der Waals surface area contributed by atoms with Crippen LogP contribution in [0.4, 0.5) is 11.4 Å². The first kappa shape index (κ1) is 21.8. The zero-order valence-corrected chi connectivity index (χ0v) is 18.2. The van der Waals surface area contributed by atoms with Crippen LogP contribution >= 0.6 is 15.9 Å². The number of nitrogens with one attached hydrogen (secondary N) is 2. The monoisotopic (exact) mass is 491 g/mol. The van der Waals surface area contributed by atoms with Gasteiger partial charge in [0.05, 0.1) is 17.7 Å². The smallest absolute Gasteiger partial charge is 0.291 e. The molecule has 30 heavy (non-hydrogen) atoms. The fourth-order valence-corrected chi connectivity index (χ4v) is 3.90. The van der Waals surface area contributed by atoms with Gasteiger partial charge in [0.15, 0.2) is 5.76 Å². The SMILES string of the molecule is CN(CC(=O)Nc1ccc(NC(=O)c2ccco2)cc1)S(=O)(=O)c1ccc(Br)cc1. The number of hydrogen-bond acceptors (Lipinski definition) is 5. The van der Waals surface area contributed by atoms with Gasteiger partial charge in [0.2, 0.25) is 15.9 Å². The Morgan fingerprint density at radius 1 is 0.967 bits per heavy atom. The highest BCUT2D eigenvalue weighted by Gasteiger charge is 2.23. The molecular weight excluding hydrogens is 474 g/mol. The molecule has 1 aromatic heterocycles. The number of carbonyl (C=O) groups is 2. The van der Waals surface area contributed by atoms with Gasteiger partial charge in [-0.05, 0) is 60.7 Å². The van der Waals surface area contributed by atoms with E-state index < -0.39 is 21.8 Å². The van der Waals surface area contributed by atoms with Crippen molar-refractivity contribution in [2.75, 3.05) is 24.2 Å². The summed E-state index contributed by atoms with van der Waals surface area (Å²) < 4.78 is 31.9. The molecule has 2 amide bonds. The number of halogens is 1. The van der Waals surface area contributed by atoms with Crippen molar-refractivity contribution in [1.82, 2.24) is 4.31 Å². The molecule has 0 saturated carbocycles. The molecule has 0 spiro atoms. The number of rotatable bonds is 7. The number of amides is 2. The molecule has 0 aliphatic carbocycles. The Kier molecular flexibility index (Phi) is 6.70. The van der Waals surface area contributed by atoms with Gasteiger partial charge in [-0.2, -0.15) is 4.31 Å². The van der Waals surface area contributed by atoms with E-state index in [9.17, 15) is 18.0 Å². The fourth-order valence-electron chi connectivity index (χ4n) is 2.51. The van der Waals surface area contributed by atoms with Crippen LogP contribution in [-0.2, 0) is 14.8 Å². The maximum Gasteiger partial charge on any atom is 0.291 e. The van der Waals surface area contributed by atoms with Crippen molar-refractivity contribution in [3.05, 3.63) is 77.2 Å². The summed E-state index contributed by atoms with van der Waals surface area (Å²) in [5.41, 5.74) is 0.981. The van der Waals surface area contributed by atoms with Gasteiger partial charge in [0.25, 0.3) is 5.91 Å². The number of likely N-dealkylation sites (N-methyl/N-ethyl adjacent to an activating group) is 1. The molecule has 10 heteroatoms. The normalized spacial score (nSPS) is 11.3. The number of anilines is 2. The minimum absolute atomic E-state index is 0.0950. The van der Waals surface area contributed by atoms with Gasteiger partial charge in [-0.15, -0.1) is 0 Å². The van der Waals surface area contributed by atoms with E-state index >= 15 is 0 Å². The Labute approximate surface area is 182 Å². The number of carbonyl (C=O) groups excluding carboxylic acids is 2. The summed E-state index contributed by atoms with van der Waals surface area (Å²) in [4.78, 5) is 24.3. The molecule has 0 aliphatic rings. The van der Waals surface area contributed by atoms with Gasteiger partial charge in [0, 0.05) is 22.9 Å². The molecule has 3 aromatic rings. The Bertz CT molecular complexity index is 1130. The van der Waals surface area contributed by atoms with E-state index in [-0.39, 0.29) is 17.2 Å². The number of hydrogen-bond donors (Lipinski definition) is 2. The molecule has 0 radical (unpaired) electrons. The molecule has 0 bridgehead atoms. The predicted molar refractivity (Wildman–Crippen MR) is 116 cm³/mol. The van der Waals surface area contributed by atoms with Crippen LogP contribution in [0.15, 0.2) is 80.7 Å². The lowest BCUT2D eigenvalue weighted by Gasteiger charge is -2.17. The quantitative estimate of drug-likeness (QED) is 0.525. The van der Waals surface area contributed by atoms with Crippen molar-refractivity contribution in [3.8, 4) is 0 Å². The largest absolute Gasteiger partial charge is 0.459 e. The Morgan fingerprint density at radius 2 is 1.57 bits per heavy atom. The topological polar surface area (TPSA) is 109 Å². The van der Waals surface area contributed by atoms with Crippen LogP contribution in [0.25, 0.3) is 0 Å². The van der Waals surface area contributed by atoms with E-state index in [2.05, 4.69) is 26.6 Å². The maximum absolute atomic E-state index is 12.6. The van der Waals surface area contributed by atoms with Gasteiger partial charge < -0.3 is 15.1 Å². The molecule has 3 rings (SSSR count). The maximum atomic E-state index is 12.6. The van der Waals surface area contributed by atoms with Crippen molar-refractivity contribution < 1.29 is 22.4 Å². The highest BCUT2D eigenvalue weighted by Crippen LogP contribution is 2.18. The summed E-state index contributed by atoms with van der Waals surface area (Å²) >= 11 is 3.25. The lowest BCUT2D eigenvalue weighted by atomic mass is 10.2. The van der Waals surface area contributed by atoms with Crippen LogP contribution < -0.4 is 10.6 Å². The van der Waals surface area contributed by atoms with E-state index in [1.165, 1.54) is 25.4 Å². The third-order valence-corrected chi connectivity index (χ3v) is 6.41. The Balaban J connectivity index is 1.57. The first-order valence-corrected chi connectivity index (χ1v) is 11.0. The standard InChI is InChI=1S/C20H18BrN3O5S/c1-24(30(27,28)17-10-4-14(21)5-11-17)13-19(25)22-15-6-8-16(9-7-15)23-20(26)18-3-2-12-29-18/h2-12H,13H2,1H3,(H,22,25)(H,23,26). The van der Waals surface area contributed by atoms with Gasteiger partial charge in [-0.1, -0.05) is 15.9 Å². The first-order valence-electron chi connectivity index (χ1n) is 8.72. The van der Waals surface area contributed by atoms with Crippen LogP contribution in [0.1, 0.15) is 10.6 Å². The lowest BCUT2D eigenvalue weighted by Crippen LogP contribution is -2.34. The van der Waals surface area contributed by atoms with E-state index in [0.717, 1.165) is 8.78 Å². The van der Waals surface area contributed by atoms with Crippen molar-refractivity contribution >= 4 is 49.1 Å². The number of furan rings is 1. The number of sulfonamides is 1. The summed E-state index contributed by atoms with van der Waals surface area (Å²) in [6, 6.07) is 15.7. The molecule has 2 aromatic carbocycles. The lowest BCUT2D eigenvalue weighted by molar-refractivity contribution is -0.116. The predicted octanol–water partition coefficient (Wildman–Crippen LogP) is 3.55. The molecule has 0 atom stereocenters. The van der Waals surface area contributed by atoms with Gasteiger partial charge in [-0.3, -0.25) is 9.59 Å². The van der Waals surface area contributed by atoms with E-state index in [0.29, 0.717) is 11.4 Å². The molecule has 0 unspecified atom stereocenters. The molecule has 2 N–H and O–H groups in total. The highest BCUT2D eigenvalue weighted by atomic mass is 79.9. The molecule has 8 nitrogen and oxygen atoms in total. The van der Waals surface area contributed by atoms with Crippen molar-refractivity contribution in [3.63, 3.8) is 0 Å². The summed E-state index contributed by atoms with van der Waals surface area (Å²) in [7, 11) is -2.45. The Morgan fingerprint density at radius 3 is 2.13 bits per heavy atom. The van der Waals surface area contributed by atoms with Gasteiger partial charge in [-0.25, -0.2) is 8.42 Å². The van der Waals surface area contributed by atoms with Crippen LogP contribution in [-0.4, -0.2) is 38.1 Å². The average Bonchev–Trinajstić information content (AvgIpc) is 3.25. The third kappa shape index (κ3) is 5.35. The second kappa shape index (κ2) is 9.24. The van der Waals surface area contributed by atoms with E-state index in [4.69, 9.17) is 4.42 Å².